The van der Waals surface area contributed by atoms with Gasteiger partial charge in [-0.2, -0.15) is 0 Å². The van der Waals surface area contributed by atoms with Crippen LogP contribution in [0.1, 0.15) is 24.8 Å². The number of carbonyl (C=O) groups excluding carboxylic acids is 1. The van der Waals surface area contributed by atoms with Crippen molar-refractivity contribution >= 4 is 5.91 Å². The maximum absolute atomic E-state index is 13.0. The minimum atomic E-state index is -0.0530. The van der Waals surface area contributed by atoms with E-state index in [1.54, 1.807) is 14.2 Å². The van der Waals surface area contributed by atoms with Gasteiger partial charge >= 0.3 is 0 Å². The summed E-state index contributed by atoms with van der Waals surface area (Å²) in [4.78, 5) is 17.2. The van der Waals surface area contributed by atoms with Gasteiger partial charge in [0, 0.05) is 25.2 Å². The zero-order valence-corrected chi connectivity index (χ0v) is 15.2. The van der Waals surface area contributed by atoms with Gasteiger partial charge in [0.25, 0.3) is 0 Å². The Morgan fingerprint density at radius 3 is 2.68 bits per heavy atom. The van der Waals surface area contributed by atoms with Gasteiger partial charge in [0.1, 0.15) is 0 Å². The molecule has 1 aromatic rings. The third kappa shape index (κ3) is 4.07. The molecule has 0 radical (unpaired) electrons. The molecule has 138 valence electrons. The number of nitrogens with zero attached hydrogens (tertiary/aromatic N) is 2. The molecule has 2 fully saturated rings. The number of carbonyl (C=O) groups is 1. The summed E-state index contributed by atoms with van der Waals surface area (Å²) in [6.07, 6.45) is 3.15. The van der Waals surface area contributed by atoms with Gasteiger partial charge in [-0.15, -0.1) is 0 Å². The first-order chi connectivity index (χ1) is 12.2. The second-order valence-electron chi connectivity index (χ2n) is 6.57. The van der Waals surface area contributed by atoms with E-state index in [-0.39, 0.29) is 11.9 Å². The highest BCUT2D eigenvalue weighted by molar-refractivity contribution is 5.82. The van der Waals surface area contributed by atoms with Crippen molar-refractivity contribution in [1.82, 2.24) is 9.80 Å². The van der Waals surface area contributed by atoms with Crippen LogP contribution in [0.5, 0.6) is 11.5 Å². The number of hydrogen-bond donors (Lipinski definition) is 0. The maximum atomic E-state index is 13.0. The van der Waals surface area contributed by atoms with Crippen LogP contribution in [0.2, 0.25) is 0 Å². The normalized spacial score (nSPS) is 21.8. The number of rotatable bonds is 5. The van der Waals surface area contributed by atoms with Crippen molar-refractivity contribution in [2.24, 2.45) is 0 Å². The van der Waals surface area contributed by atoms with Gasteiger partial charge in [0.05, 0.1) is 33.5 Å². The molecular formula is C19H28N2O4. The predicted octanol–water partition coefficient (Wildman–Crippen LogP) is 1.92. The lowest BCUT2D eigenvalue weighted by Gasteiger charge is -2.39. The Labute approximate surface area is 149 Å². The van der Waals surface area contributed by atoms with Crippen LogP contribution in [0.3, 0.4) is 0 Å². The third-order valence-corrected chi connectivity index (χ3v) is 5.08. The highest BCUT2D eigenvalue weighted by atomic mass is 16.5. The molecule has 0 bridgehead atoms. The van der Waals surface area contributed by atoms with Crippen LogP contribution >= 0.6 is 0 Å². The molecule has 25 heavy (non-hydrogen) atoms. The average molecular weight is 348 g/mol. The van der Waals surface area contributed by atoms with Crippen molar-refractivity contribution in [2.75, 3.05) is 47.1 Å². The lowest BCUT2D eigenvalue weighted by Crippen LogP contribution is -2.53. The van der Waals surface area contributed by atoms with Crippen LogP contribution in [-0.4, -0.2) is 68.8 Å². The van der Waals surface area contributed by atoms with Gasteiger partial charge in [0.2, 0.25) is 5.91 Å². The van der Waals surface area contributed by atoms with E-state index in [9.17, 15) is 4.79 Å². The van der Waals surface area contributed by atoms with E-state index >= 15 is 0 Å². The number of methoxy groups -OCH3 is 2. The van der Waals surface area contributed by atoms with Crippen molar-refractivity contribution in [3.8, 4) is 11.5 Å². The monoisotopic (exact) mass is 348 g/mol. The molecule has 0 saturated carbocycles. The average Bonchev–Trinajstić information content (AvgIpc) is 2.68. The molecule has 1 aromatic carbocycles. The van der Waals surface area contributed by atoms with E-state index in [4.69, 9.17) is 14.2 Å². The largest absolute Gasteiger partial charge is 0.493 e. The molecule has 0 unspecified atom stereocenters. The molecule has 2 saturated heterocycles. The molecule has 2 aliphatic rings. The molecule has 0 aliphatic carbocycles. The Balaban J connectivity index is 1.76. The SMILES string of the molecule is COc1cccc(CN2CCCC[C@H]2C(=O)N2CCOCC2)c1OC. The van der Waals surface area contributed by atoms with E-state index in [2.05, 4.69) is 4.90 Å². The number of ether oxygens (including phenoxy) is 3. The molecule has 1 amide bonds. The molecule has 6 nitrogen and oxygen atoms in total. The Bertz CT molecular complexity index is 587. The minimum absolute atomic E-state index is 0.0530. The Morgan fingerprint density at radius 2 is 1.96 bits per heavy atom. The van der Waals surface area contributed by atoms with Crippen LogP contribution in [0, 0.1) is 0 Å². The molecule has 0 N–H and O–H groups in total. The topological polar surface area (TPSA) is 51.2 Å². The Morgan fingerprint density at radius 1 is 1.16 bits per heavy atom. The number of benzene rings is 1. The number of amides is 1. The standard InChI is InChI=1S/C19H28N2O4/c1-23-17-8-5-6-15(18(17)24-2)14-21-9-4-3-7-16(21)19(22)20-10-12-25-13-11-20/h5-6,8,16H,3-4,7,9-14H2,1-2H3/t16-/m0/s1. The van der Waals surface area contributed by atoms with Crippen LogP contribution in [0.4, 0.5) is 0 Å². The lowest BCUT2D eigenvalue weighted by atomic mass is 9.99. The molecule has 2 aliphatic heterocycles. The van der Waals surface area contributed by atoms with Gasteiger partial charge < -0.3 is 19.1 Å². The second-order valence-corrected chi connectivity index (χ2v) is 6.57. The Kier molecular flexibility index (Phi) is 6.15. The Hall–Kier alpha value is -1.79. The summed E-state index contributed by atoms with van der Waals surface area (Å²) >= 11 is 0. The van der Waals surface area contributed by atoms with Crippen molar-refractivity contribution in [2.45, 2.75) is 31.8 Å². The zero-order chi connectivity index (χ0) is 17.6. The molecule has 2 heterocycles. The zero-order valence-electron chi connectivity index (χ0n) is 15.2. The number of likely N-dealkylation sites (tertiary alicyclic amines) is 1. The molecule has 1 atom stereocenters. The number of morpholine rings is 1. The fourth-order valence-electron chi connectivity index (χ4n) is 3.75. The second kappa shape index (κ2) is 8.54. The van der Waals surface area contributed by atoms with E-state index in [1.807, 2.05) is 23.1 Å². The van der Waals surface area contributed by atoms with Gasteiger partial charge in [-0.05, 0) is 25.5 Å². The summed E-state index contributed by atoms with van der Waals surface area (Å²) in [5, 5.41) is 0. The molecular weight excluding hydrogens is 320 g/mol. The van der Waals surface area contributed by atoms with Crippen LogP contribution in [0.25, 0.3) is 0 Å². The molecule has 0 spiro atoms. The number of piperidine rings is 1. The highest BCUT2D eigenvalue weighted by Gasteiger charge is 2.33. The fraction of sp³-hybridized carbons (Fsp3) is 0.632. The quantitative estimate of drug-likeness (QED) is 0.814. The van der Waals surface area contributed by atoms with Gasteiger partial charge in [-0.1, -0.05) is 18.6 Å². The van der Waals surface area contributed by atoms with E-state index in [0.717, 1.165) is 42.9 Å². The summed E-state index contributed by atoms with van der Waals surface area (Å²) < 4.78 is 16.3. The third-order valence-electron chi connectivity index (χ3n) is 5.08. The van der Waals surface area contributed by atoms with E-state index in [0.29, 0.717) is 32.8 Å². The van der Waals surface area contributed by atoms with Gasteiger partial charge in [0.15, 0.2) is 11.5 Å². The molecule has 0 aromatic heterocycles. The van der Waals surface area contributed by atoms with Crippen molar-refractivity contribution in [3.63, 3.8) is 0 Å². The highest BCUT2D eigenvalue weighted by Crippen LogP contribution is 2.33. The summed E-state index contributed by atoms with van der Waals surface area (Å²) in [5.41, 5.74) is 1.06. The summed E-state index contributed by atoms with van der Waals surface area (Å²) in [7, 11) is 3.31. The van der Waals surface area contributed by atoms with E-state index in [1.165, 1.54) is 0 Å². The van der Waals surface area contributed by atoms with Gasteiger partial charge in [-0.25, -0.2) is 0 Å². The van der Waals surface area contributed by atoms with Crippen molar-refractivity contribution in [3.05, 3.63) is 23.8 Å². The fourth-order valence-corrected chi connectivity index (χ4v) is 3.75. The van der Waals surface area contributed by atoms with Crippen LogP contribution in [0.15, 0.2) is 18.2 Å². The van der Waals surface area contributed by atoms with Crippen molar-refractivity contribution in [1.29, 1.82) is 0 Å². The predicted molar refractivity (Wildman–Crippen MR) is 95.0 cm³/mol. The lowest BCUT2D eigenvalue weighted by molar-refractivity contribution is -0.142. The molecule has 6 heteroatoms. The smallest absolute Gasteiger partial charge is 0.240 e. The van der Waals surface area contributed by atoms with Gasteiger partial charge in [-0.3, -0.25) is 9.69 Å². The minimum Gasteiger partial charge on any atom is -0.493 e. The first-order valence-electron chi connectivity index (χ1n) is 9.05. The van der Waals surface area contributed by atoms with Crippen LogP contribution in [-0.2, 0) is 16.1 Å². The summed E-state index contributed by atoms with van der Waals surface area (Å²) in [5.74, 6) is 1.73. The first-order valence-corrected chi connectivity index (χ1v) is 9.05. The number of hydrogen-bond acceptors (Lipinski definition) is 5. The van der Waals surface area contributed by atoms with Crippen LogP contribution < -0.4 is 9.47 Å². The number of para-hydroxylation sites is 1. The summed E-state index contributed by atoms with van der Waals surface area (Å²) in [6.45, 7) is 4.31. The maximum Gasteiger partial charge on any atom is 0.240 e. The summed E-state index contributed by atoms with van der Waals surface area (Å²) in [6, 6.07) is 5.86. The molecule has 3 rings (SSSR count). The van der Waals surface area contributed by atoms with E-state index < -0.39 is 0 Å². The van der Waals surface area contributed by atoms with Crippen molar-refractivity contribution < 1.29 is 19.0 Å². The first kappa shape index (κ1) is 18.0.